The van der Waals surface area contributed by atoms with Crippen LogP contribution in [-0.4, -0.2) is 6.04 Å². The summed E-state index contributed by atoms with van der Waals surface area (Å²) in [5.41, 5.74) is 10.5. The second-order valence-corrected chi connectivity index (χ2v) is 1.58. The van der Waals surface area contributed by atoms with Gasteiger partial charge in [-0.2, -0.15) is 0 Å². The van der Waals surface area contributed by atoms with Gasteiger partial charge in [0.25, 0.3) is 0 Å². The molecule has 1 atom stereocenters. The fraction of sp³-hybridized carbons (Fsp3) is 0.143. The zero-order valence-electron chi connectivity index (χ0n) is 5.33. The fourth-order valence-electron chi connectivity index (χ4n) is 0.335. The highest BCUT2D eigenvalue weighted by molar-refractivity contribution is 5.08. The molecule has 2 nitrogen and oxygen atoms in total. The molecule has 0 radical (unpaired) electrons. The first-order chi connectivity index (χ1) is 4.31. The molecular weight excluding hydrogens is 112 g/mol. The SMILES string of the molecule is C=C[C@@H](N)/C=C\C=C/N. The Morgan fingerprint density at radius 2 is 2.00 bits per heavy atom. The van der Waals surface area contributed by atoms with Gasteiger partial charge in [-0.1, -0.05) is 18.2 Å². The van der Waals surface area contributed by atoms with Gasteiger partial charge >= 0.3 is 0 Å². The first kappa shape index (κ1) is 7.98. The van der Waals surface area contributed by atoms with E-state index in [2.05, 4.69) is 6.58 Å². The predicted octanol–water partition coefficient (Wildman–Crippen LogP) is 0.528. The van der Waals surface area contributed by atoms with Crippen molar-refractivity contribution in [1.82, 2.24) is 0 Å². The van der Waals surface area contributed by atoms with E-state index < -0.39 is 0 Å². The van der Waals surface area contributed by atoms with Crippen LogP contribution in [0.1, 0.15) is 0 Å². The van der Waals surface area contributed by atoms with E-state index in [0.29, 0.717) is 0 Å². The van der Waals surface area contributed by atoms with Gasteiger partial charge in [-0.15, -0.1) is 6.58 Å². The lowest BCUT2D eigenvalue weighted by Crippen LogP contribution is -2.11. The molecule has 0 aliphatic rings. The molecular formula is C7H12N2. The normalized spacial score (nSPS) is 14.8. The molecule has 0 rings (SSSR count). The van der Waals surface area contributed by atoms with Crippen LogP contribution in [-0.2, 0) is 0 Å². The Bertz CT molecular complexity index is 125. The molecule has 2 heteroatoms. The lowest BCUT2D eigenvalue weighted by atomic mass is 10.3. The maximum absolute atomic E-state index is 5.43. The van der Waals surface area contributed by atoms with Crippen LogP contribution in [0.3, 0.4) is 0 Å². The second kappa shape index (κ2) is 5.12. The first-order valence-electron chi connectivity index (χ1n) is 2.74. The van der Waals surface area contributed by atoms with Crippen LogP contribution in [0.5, 0.6) is 0 Å². The van der Waals surface area contributed by atoms with E-state index in [1.165, 1.54) is 6.20 Å². The van der Waals surface area contributed by atoms with Crippen molar-refractivity contribution in [3.63, 3.8) is 0 Å². The molecule has 0 aliphatic carbocycles. The summed E-state index contributed by atoms with van der Waals surface area (Å²) in [5.74, 6) is 0. The zero-order valence-corrected chi connectivity index (χ0v) is 5.33. The van der Waals surface area contributed by atoms with Gasteiger partial charge in [0.15, 0.2) is 0 Å². The summed E-state index contributed by atoms with van der Waals surface area (Å²) >= 11 is 0. The van der Waals surface area contributed by atoms with E-state index in [1.807, 2.05) is 0 Å². The van der Waals surface area contributed by atoms with Crippen LogP contribution in [0, 0.1) is 0 Å². The van der Waals surface area contributed by atoms with Crippen LogP contribution in [0.2, 0.25) is 0 Å². The Hall–Kier alpha value is -1.02. The Morgan fingerprint density at radius 3 is 2.44 bits per heavy atom. The Morgan fingerprint density at radius 1 is 1.33 bits per heavy atom. The molecule has 0 spiro atoms. The topological polar surface area (TPSA) is 52.0 Å². The van der Waals surface area contributed by atoms with Crippen molar-refractivity contribution >= 4 is 0 Å². The van der Waals surface area contributed by atoms with E-state index in [1.54, 1.807) is 24.3 Å². The molecule has 0 aliphatic heterocycles. The summed E-state index contributed by atoms with van der Waals surface area (Å²) in [4.78, 5) is 0. The monoisotopic (exact) mass is 124 g/mol. The molecule has 9 heavy (non-hydrogen) atoms. The van der Waals surface area contributed by atoms with Gasteiger partial charge in [0, 0.05) is 6.04 Å². The summed E-state index contributed by atoms with van der Waals surface area (Å²) < 4.78 is 0. The van der Waals surface area contributed by atoms with Crippen molar-refractivity contribution in [3.05, 3.63) is 37.1 Å². The number of allylic oxidation sites excluding steroid dienone is 2. The summed E-state index contributed by atoms with van der Waals surface area (Å²) in [6, 6.07) is -0.0683. The van der Waals surface area contributed by atoms with Crippen molar-refractivity contribution in [2.45, 2.75) is 6.04 Å². The van der Waals surface area contributed by atoms with Gasteiger partial charge < -0.3 is 11.5 Å². The minimum absolute atomic E-state index is 0.0683. The Kier molecular flexibility index (Phi) is 4.54. The van der Waals surface area contributed by atoms with E-state index in [9.17, 15) is 0 Å². The third kappa shape index (κ3) is 4.84. The number of hydrogen-bond acceptors (Lipinski definition) is 2. The second-order valence-electron chi connectivity index (χ2n) is 1.58. The molecule has 0 saturated heterocycles. The molecule has 0 bridgehead atoms. The van der Waals surface area contributed by atoms with Gasteiger partial charge in [0.1, 0.15) is 0 Å². The van der Waals surface area contributed by atoms with Crippen molar-refractivity contribution in [1.29, 1.82) is 0 Å². The number of rotatable bonds is 3. The van der Waals surface area contributed by atoms with Gasteiger partial charge in [-0.3, -0.25) is 0 Å². The molecule has 0 aromatic heterocycles. The van der Waals surface area contributed by atoms with Gasteiger partial charge in [0.2, 0.25) is 0 Å². The highest BCUT2D eigenvalue weighted by Gasteiger charge is 1.81. The molecule has 4 N–H and O–H groups in total. The minimum Gasteiger partial charge on any atom is -0.405 e. The number of hydrogen-bond donors (Lipinski definition) is 2. The quantitative estimate of drug-likeness (QED) is 0.426. The minimum atomic E-state index is -0.0683. The number of nitrogens with two attached hydrogens (primary N) is 2. The largest absolute Gasteiger partial charge is 0.405 e. The van der Waals surface area contributed by atoms with Crippen LogP contribution < -0.4 is 11.5 Å². The molecule has 0 saturated carbocycles. The standard InChI is InChI=1S/C7H12N2/c1-2-7(9)5-3-4-6-8/h2-7H,1,8-9H2/b5-3-,6-4-/t7-/m1/s1. The third-order valence-electron chi connectivity index (χ3n) is 0.828. The first-order valence-corrected chi connectivity index (χ1v) is 2.74. The van der Waals surface area contributed by atoms with Crippen molar-refractivity contribution < 1.29 is 0 Å². The van der Waals surface area contributed by atoms with Crippen LogP contribution in [0.15, 0.2) is 37.1 Å². The molecule has 0 aromatic carbocycles. The highest BCUT2D eigenvalue weighted by atomic mass is 14.6. The van der Waals surface area contributed by atoms with E-state index >= 15 is 0 Å². The van der Waals surface area contributed by atoms with E-state index in [-0.39, 0.29) is 6.04 Å². The Balaban J connectivity index is 3.55. The molecule has 0 fully saturated rings. The predicted molar refractivity (Wildman–Crippen MR) is 40.6 cm³/mol. The van der Waals surface area contributed by atoms with Crippen molar-refractivity contribution in [2.75, 3.05) is 0 Å². The van der Waals surface area contributed by atoms with E-state index in [4.69, 9.17) is 11.5 Å². The molecule has 50 valence electrons. The zero-order chi connectivity index (χ0) is 7.11. The van der Waals surface area contributed by atoms with Gasteiger partial charge in [-0.05, 0) is 12.3 Å². The summed E-state index contributed by atoms with van der Waals surface area (Å²) in [5, 5.41) is 0. The summed E-state index contributed by atoms with van der Waals surface area (Å²) in [7, 11) is 0. The molecule has 0 aromatic rings. The Labute approximate surface area is 55.5 Å². The maximum Gasteiger partial charge on any atom is 0.0410 e. The molecule has 0 unspecified atom stereocenters. The van der Waals surface area contributed by atoms with Gasteiger partial charge in [-0.25, -0.2) is 0 Å². The smallest absolute Gasteiger partial charge is 0.0410 e. The lowest BCUT2D eigenvalue weighted by molar-refractivity contribution is 1.03. The van der Waals surface area contributed by atoms with Crippen molar-refractivity contribution in [2.24, 2.45) is 11.5 Å². The average molecular weight is 124 g/mol. The summed E-state index contributed by atoms with van der Waals surface area (Å²) in [6.07, 6.45) is 8.40. The maximum atomic E-state index is 5.43. The fourth-order valence-corrected chi connectivity index (χ4v) is 0.335. The molecule has 0 amide bonds. The van der Waals surface area contributed by atoms with Gasteiger partial charge in [0.05, 0.1) is 0 Å². The third-order valence-corrected chi connectivity index (χ3v) is 0.828. The van der Waals surface area contributed by atoms with Crippen molar-refractivity contribution in [3.8, 4) is 0 Å². The molecule has 0 heterocycles. The highest BCUT2D eigenvalue weighted by Crippen LogP contribution is 1.82. The van der Waals surface area contributed by atoms with Crippen LogP contribution in [0.4, 0.5) is 0 Å². The summed E-state index contributed by atoms with van der Waals surface area (Å²) in [6.45, 7) is 3.51. The van der Waals surface area contributed by atoms with E-state index in [0.717, 1.165) is 0 Å². The van der Waals surface area contributed by atoms with Crippen LogP contribution in [0.25, 0.3) is 0 Å². The van der Waals surface area contributed by atoms with Crippen LogP contribution >= 0.6 is 0 Å². The lowest BCUT2D eigenvalue weighted by Gasteiger charge is -1.92. The average Bonchev–Trinajstić information content (AvgIpc) is 1.89.